The smallest absolute Gasteiger partial charge is 0.456 e. The van der Waals surface area contributed by atoms with E-state index in [1.807, 2.05) is 30.3 Å². The minimum Gasteiger partial charge on any atom is -0.487 e. The number of halogens is 5. The van der Waals surface area contributed by atoms with Crippen LogP contribution < -0.4 is 9.46 Å². The quantitative estimate of drug-likeness (QED) is 0.247. The number of H-pyrrole nitrogens is 1. The summed E-state index contributed by atoms with van der Waals surface area (Å²) in [7, 11) is -3.46. The van der Waals surface area contributed by atoms with Gasteiger partial charge in [-0.25, -0.2) is 13.4 Å². The van der Waals surface area contributed by atoms with Crippen LogP contribution in [0.3, 0.4) is 0 Å². The molecule has 1 saturated carbocycles. The highest BCUT2D eigenvalue weighted by molar-refractivity contribution is 7.92. The van der Waals surface area contributed by atoms with E-state index in [1.54, 1.807) is 24.3 Å². The average Bonchev–Trinajstić information content (AvgIpc) is 3.53. The van der Waals surface area contributed by atoms with Crippen molar-refractivity contribution in [3.8, 4) is 16.9 Å². The fourth-order valence-electron chi connectivity index (χ4n) is 4.32. The summed E-state index contributed by atoms with van der Waals surface area (Å²) in [6.07, 6.45) is -3.79. The molecule has 200 valence electrons. The zero-order valence-corrected chi connectivity index (χ0v) is 20.7. The minimum atomic E-state index is -5.67. The molecule has 0 amide bonds. The van der Waals surface area contributed by atoms with Gasteiger partial charge < -0.3 is 9.72 Å². The van der Waals surface area contributed by atoms with Crippen LogP contribution in [0, 0.1) is 0 Å². The molecule has 1 aromatic heterocycles. The average molecular weight is 552 g/mol. The lowest BCUT2D eigenvalue weighted by Gasteiger charge is -2.19. The Kier molecular flexibility index (Phi) is 6.33. The van der Waals surface area contributed by atoms with Crippen molar-refractivity contribution in [2.75, 3.05) is 17.6 Å². The highest BCUT2D eigenvalue weighted by Gasteiger charge is 2.58. The summed E-state index contributed by atoms with van der Waals surface area (Å²) in [6.45, 7) is -1.78. The molecule has 5 rings (SSSR count). The van der Waals surface area contributed by atoms with Crippen molar-refractivity contribution in [3.63, 3.8) is 0 Å². The maximum Gasteiger partial charge on any atom is 0.456 e. The normalized spacial score (nSPS) is 17.9. The summed E-state index contributed by atoms with van der Waals surface area (Å²) >= 11 is 0. The molecule has 0 bridgehead atoms. The third kappa shape index (κ3) is 5.45. The van der Waals surface area contributed by atoms with Gasteiger partial charge in [0.15, 0.2) is 6.61 Å². The van der Waals surface area contributed by atoms with Gasteiger partial charge in [-0.2, -0.15) is 22.0 Å². The first-order chi connectivity index (χ1) is 17.8. The SMILES string of the molecule is CS(=O)(=O)Nc1ccccc1-c1ccc2[nH]c(C3CC3c3ccc(OCC(F)(F)C(F)(F)F)cc3)nc2c1. The van der Waals surface area contributed by atoms with E-state index in [2.05, 4.69) is 14.4 Å². The number of ether oxygens (including phenoxy) is 1. The van der Waals surface area contributed by atoms with Crippen molar-refractivity contribution >= 4 is 26.7 Å². The lowest BCUT2D eigenvalue weighted by atomic mass is 10.0. The van der Waals surface area contributed by atoms with Gasteiger partial charge in [-0.1, -0.05) is 36.4 Å². The van der Waals surface area contributed by atoms with Gasteiger partial charge in [0.2, 0.25) is 10.0 Å². The monoisotopic (exact) mass is 551 g/mol. The molecule has 0 radical (unpaired) electrons. The topological polar surface area (TPSA) is 84.1 Å². The van der Waals surface area contributed by atoms with Crippen molar-refractivity contribution in [2.24, 2.45) is 0 Å². The molecule has 4 aromatic rings. The molecule has 3 aromatic carbocycles. The number of anilines is 1. The van der Waals surface area contributed by atoms with E-state index in [4.69, 9.17) is 4.98 Å². The zero-order valence-electron chi connectivity index (χ0n) is 19.9. The fraction of sp³-hybridized carbons (Fsp3) is 0.269. The number of nitrogens with one attached hydrogen (secondary N) is 2. The van der Waals surface area contributed by atoms with Crippen LogP contribution in [0.5, 0.6) is 5.75 Å². The van der Waals surface area contributed by atoms with Crippen LogP contribution in [0.1, 0.15) is 29.6 Å². The molecule has 1 heterocycles. The van der Waals surface area contributed by atoms with Gasteiger partial charge in [-0.3, -0.25) is 4.72 Å². The van der Waals surface area contributed by atoms with Crippen molar-refractivity contribution in [2.45, 2.75) is 30.4 Å². The van der Waals surface area contributed by atoms with E-state index in [1.165, 1.54) is 12.1 Å². The number of rotatable bonds is 8. The molecule has 0 spiro atoms. The predicted octanol–water partition coefficient (Wildman–Crippen LogP) is 6.45. The number of hydrogen-bond donors (Lipinski definition) is 2. The van der Waals surface area contributed by atoms with Crippen LogP contribution in [-0.2, 0) is 10.0 Å². The van der Waals surface area contributed by atoms with Gasteiger partial charge in [-0.15, -0.1) is 0 Å². The number of para-hydroxylation sites is 1. The summed E-state index contributed by atoms with van der Waals surface area (Å²) in [6, 6.07) is 18.7. The first-order valence-corrected chi connectivity index (χ1v) is 13.4. The Bertz CT molecular complexity index is 1580. The van der Waals surface area contributed by atoms with Crippen molar-refractivity contribution in [1.29, 1.82) is 0 Å². The predicted molar refractivity (Wildman–Crippen MR) is 133 cm³/mol. The van der Waals surface area contributed by atoms with Crippen LogP contribution in [0.4, 0.5) is 27.6 Å². The molecule has 2 unspecified atom stereocenters. The number of benzene rings is 3. The van der Waals surface area contributed by atoms with Crippen LogP contribution in [0.25, 0.3) is 22.2 Å². The van der Waals surface area contributed by atoms with Gasteiger partial charge in [0.1, 0.15) is 11.6 Å². The molecule has 0 aliphatic heterocycles. The second-order valence-electron chi connectivity index (χ2n) is 9.28. The van der Waals surface area contributed by atoms with Crippen LogP contribution in [-0.4, -0.2) is 43.3 Å². The van der Waals surface area contributed by atoms with Gasteiger partial charge in [0.25, 0.3) is 0 Å². The van der Waals surface area contributed by atoms with Gasteiger partial charge in [0.05, 0.1) is 23.0 Å². The Hall–Kier alpha value is -3.67. The third-order valence-electron chi connectivity index (χ3n) is 6.32. The first-order valence-electron chi connectivity index (χ1n) is 11.5. The maximum absolute atomic E-state index is 13.1. The summed E-state index contributed by atoms with van der Waals surface area (Å²) < 4.78 is 93.8. The molecule has 1 fully saturated rings. The van der Waals surface area contributed by atoms with Gasteiger partial charge >= 0.3 is 12.1 Å². The number of hydrogen-bond acceptors (Lipinski definition) is 4. The molecule has 12 heteroatoms. The van der Waals surface area contributed by atoms with E-state index in [9.17, 15) is 30.4 Å². The van der Waals surface area contributed by atoms with Crippen LogP contribution in [0.2, 0.25) is 0 Å². The summed E-state index contributed by atoms with van der Waals surface area (Å²) in [4.78, 5) is 8.04. The zero-order chi connectivity index (χ0) is 27.3. The van der Waals surface area contributed by atoms with Gasteiger partial charge in [-0.05, 0) is 53.8 Å². The standard InChI is InChI=1S/C26H22F5N3O3S/c1-38(35,36)34-21-5-3-2-4-18(21)16-8-11-22-23(12-16)33-24(32-22)20-13-19(20)15-6-9-17(10-7-15)37-14-25(27,28)26(29,30)31/h2-12,19-20,34H,13-14H2,1H3,(H,32,33). The number of aromatic nitrogens is 2. The highest BCUT2D eigenvalue weighted by atomic mass is 32.2. The minimum absolute atomic E-state index is 0.0724. The third-order valence-corrected chi connectivity index (χ3v) is 6.91. The second kappa shape index (κ2) is 9.26. The molecule has 6 nitrogen and oxygen atoms in total. The Morgan fingerprint density at radius 3 is 2.39 bits per heavy atom. The van der Waals surface area contributed by atoms with E-state index in [-0.39, 0.29) is 17.6 Å². The lowest BCUT2D eigenvalue weighted by molar-refractivity contribution is -0.290. The highest BCUT2D eigenvalue weighted by Crippen LogP contribution is 2.54. The Labute approximate surface area is 214 Å². The number of alkyl halides is 5. The van der Waals surface area contributed by atoms with E-state index in [0.717, 1.165) is 35.1 Å². The van der Waals surface area contributed by atoms with Crippen molar-refractivity contribution in [1.82, 2.24) is 9.97 Å². The maximum atomic E-state index is 13.1. The largest absolute Gasteiger partial charge is 0.487 e. The number of fused-ring (bicyclic) bond motifs is 1. The number of imidazole rings is 1. The Morgan fingerprint density at radius 2 is 1.71 bits per heavy atom. The molecular formula is C26H22F5N3O3S. The number of aromatic amines is 1. The molecule has 1 aliphatic carbocycles. The van der Waals surface area contributed by atoms with Crippen molar-refractivity contribution < 1.29 is 35.1 Å². The van der Waals surface area contributed by atoms with Crippen LogP contribution in [0.15, 0.2) is 66.7 Å². The number of sulfonamides is 1. The molecule has 38 heavy (non-hydrogen) atoms. The van der Waals surface area contributed by atoms with Crippen LogP contribution >= 0.6 is 0 Å². The Balaban J connectivity index is 1.29. The first kappa shape index (κ1) is 26.0. The molecule has 2 N–H and O–H groups in total. The Morgan fingerprint density at radius 1 is 1.00 bits per heavy atom. The second-order valence-corrected chi connectivity index (χ2v) is 11.0. The summed E-state index contributed by atoms with van der Waals surface area (Å²) in [5.74, 6) is -4.03. The van der Waals surface area contributed by atoms with E-state index < -0.39 is 28.7 Å². The fourth-order valence-corrected chi connectivity index (χ4v) is 4.90. The van der Waals surface area contributed by atoms with Gasteiger partial charge in [0, 0.05) is 11.5 Å². The summed E-state index contributed by atoms with van der Waals surface area (Å²) in [5, 5.41) is 0. The molecular weight excluding hydrogens is 529 g/mol. The summed E-state index contributed by atoms with van der Waals surface area (Å²) in [5.41, 5.74) is 4.39. The molecule has 1 aliphatic rings. The number of nitrogens with zero attached hydrogens (tertiary/aromatic N) is 1. The molecule has 0 saturated heterocycles. The molecule has 2 atom stereocenters. The van der Waals surface area contributed by atoms with E-state index >= 15 is 0 Å². The van der Waals surface area contributed by atoms with Crippen molar-refractivity contribution in [3.05, 3.63) is 78.1 Å². The van der Waals surface area contributed by atoms with E-state index in [0.29, 0.717) is 16.8 Å². The lowest BCUT2D eigenvalue weighted by Crippen LogP contribution is -2.41.